The van der Waals surface area contributed by atoms with Gasteiger partial charge in [0.25, 0.3) is 0 Å². The van der Waals surface area contributed by atoms with Crippen LogP contribution in [-0.4, -0.2) is 34.6 Å². The van der Waals surface area contributed by atoms with Gasteiger partial charge in [-0.15, -0.1) is 0 Å². The van der Waals surface area contributed by atoms with Gasteiger partial charge in [0.2, 0.25) is 0 Å². The highest BCUT2D eigenvalue weighted by Crippen LogP contribution is 2.39. The highest BCUT2D eigenvalue weighted by molar-refractivity contribution is 5.33. The maximum absolute atomic E-state index is 14.6. The van der Waals surface area contributed by atoms with Gasteiger partial charge in [-0.3, -0.25) is 4.98 Å². The van der Waals surface area contributed by atoms with E-state index in [0.717, 1.165) is 17.8 Å². The van der Waals surface area contributed by atoms with Crippen molar-refractivity contribution in [2.75, 3.05) is 0 Å². The van der Waals surface area contributed by atoms with E-state index in [9.17, 15) is 13.9 Å². The molecule has 1 aromatic carbocycles. The third kappa shape index (κ3) is 3.64. The Kier molecular flexibility index (Phi) is 4.89. The number of aliphatic hydroxyl groups is 1. The first-order valence-electron chi connectivity index (χ1n) is 8.93. The van der Waals surface area contributed by atoms with E-state index < -0.39 is 23.2 Å². The molecule has 0 aliphatic carbocycles. The van der Waals surface area contributed by atoms with Gasteiger partial charge in [-0.1, -0.05) is 13.0 Å². The van der Waals surface area contributed by atoms with E-state index in [2.05, 4.69) is 20.2 Å². The van der Waals surface area contributed by atoms with Crippen LogP contribution < -0.4 is 0 Å². The zero-order valence-corrected chi connectivity index (χ0v) is 15.5. The van der Waals surface area contributed by atoms with E-state index in [0.29, 0.717) is 5.69 Å². The van der Waals surface area contributed by atoms with E-state index in [1.807, 2.05) is 6.07 Å². The summed E-state index contributed by atoms with van der Waals surface area (Å²) in [4.78, 5) is 8.31. The van der Waals surface area contributed by atoms with E-state index in [-0.39, 0.29) is 12.1 Å². The minimum Gasteiger partial charge on any atom is -0.382 e. The van der Waals surface area contributed by atoms with Crippen molar-refractivity contribution in [3.63, 3.8) is 0 Å². The minimum atomic E-state index is -1.74. The number of aromatic nitrogens is 6. The lowest BCUT2D eigenvalue weighted by molar-refractivity contribution is -0.0123. The molecule has 4 rings (SSSR count). The average molecular weight is 396 g/mol. The molecule has 3 heterocycles. The van der Waals surface area contributed by atoms with Crippen LogP contribution >= 0.6 is 0 Å². The van der Waals surface area contributed by atoms with Crippen LogP contribution in [-0.2, 0) is 12.1 Å². The lowest BCUT2D eigenvalue weighted by atomic mass is 9.79. The molecule has 0 radical (unpaired) electrons. The molecule has 0 aliphatic heterocycles. The van der Waals surface area contributed by atoms with Crippen LogP contribution in [0.1, 0.15) is 24.1 Å². The fourth-order valence-corrected chi connectivity index (χ4v) is 3.31. The van der Waals surface area contributed by atoms with Gasteiger partial charge in [0.15, 0.2) is 0 Å². The van der Waals surface area contributed by atoms with E-state index in [4.69, 9.17) is 0 Å². The lowest BCUT2D eigenvalue weighted by Gasteiger charge is -2.34. The molecular weight excluding hydrogens is 378 g/mol. The number of halogens is 2. The van der Waals surface area contributed by atoms with Crippen molar-refractivity contribution < 1.29 is 13.9 Å². The van der Waals surface area contributed by atoms with Gasteiger partial charge in [-0.05, 0) is 24.3 Å². The largest absolute Gasteiger partial charge is 0.382 e. The SMILES string of the molecule is CC(c1ccc(-n2cccn2)cn1)C(O)(Cn1cncn1)c1ccc(F)cc1F. The Bertz CT molecular complexity index is 1080. The van der Waals surface area contributed by atoms with Crippen LogP contribution in [0.3, 0.4) is 0 Å². The van der Waals surface area contributed by atoms with E-state index in [1.165, 1.54) is 23.4 Å². The van der Waals surface area contributed by atoms with Gasteiger partial charge in [0, 0.05) is 35.6 Å². The molecule has 2 unspecified atom stereocenters. The summed E-state index contributed by atoms with van der Waals surface area (Å²) in [6.45, 7) is 1.65. The highest BCUT2D eigenvalue weighted by Gasteiger charge is 2.40. The Balaban J connectivity index is 1.74. The van der Waals surface area contributed by atoms with Crippen LogP contribution in [0.25, 0.3) is 5.69 Å². The summed E-state index contributed by atoms with van der Waals surface area (Å²) >= 11 is 0. The summed E-state index contributed by atoms with van der Waals surface area (Å²) in [6.07, 6.45) is 7.81. The second kappa shape index (κ2) is 7.51. The fraction of sp³-hybridized carbons (Fsp3) is 0.200. The number of hydrogen-bond acceptors (Lipinski definition) is 5. The molecule has 0 amide bonds. The monoisotopic (exact) mass is 396 g/mol. The van der Waals surface area contributed by atoms with Crippen molar-refractivity contribution in [1.29, 1.82) is 0 Å². The third-order valence-corrected chi connectivity index (χ3v) is 4.97. The number of rotatable bonds is 6. The Morgan fingerprint density at radius 2 is 2.03 bits per heavy atom. The van der Waals surface area contributed by atoms with Crippen LogP contribution in [0, 0.1) is 11.6 Å². The number of nitrogens with zero attached hydrogens (tertiary/aromatic N) is 6. The van der Waals surface area contributed by atoms with Crippen molar-refractivity contribution in [1.82, 2.24) is 29.5 Å². The van der Waals surface area contributed by atoms with Crippen molar-refractivity contribution in [2.45, 2.75) is 25.0 Å². The Labute approximate surface area is 165 Å². The first kappa shape index (κ1) is 18.9. The van der Waals surface area contributed by atoms with Gasteiger partial charge in [-0.25, -0.2) is 23.1 Å². The highest BCUT2D eigenvalue weighted by atomic mass is 19.1. The van der Waals surface area contributed by atoms with Crippen molar-refractivity contribution in [2.24, 2.45) is 0 Å². The summed E-state index contributed by atoms with van der Waals surface area (Å²) in [6, 6.07) is 8.47. The maximum atomic E-state index is 14.6. The summed E-state index contributed by atoms with van der Waals surface area (Å²) in [5.74, 6) is -2.20. The summed E-state index contributed by atoms with van der Waals surface area (Å²) in [5.41, 5.74) is -0.503. The first-order valence-corrected chi connectivity index (χ1v) is 8.93. The molecule has 0 saturated heterocycles. The van der Waals surface area contributed by atoms with Gasteiger partial charge < -0.3 is 5.11 Å². The Morgan fingerprint density at radius 3 is 2.66 bits per heavy atom. The first-order chi connectivity index (χ1) is 14.0. The molecule has 4 aromatic rings. The van der Waals surface area contributed by atoms with Crippen molar-refractivity contribution in [3.05, 3.63) is 90.5 Å². The summed E-state index contributed by atoms with van der Waals surface area (Å²) in [5, 5.41) is 19.8. The minimum absolute atomic E-state index is 0.0418. The van der Waals surface area contributed by atoms with Crippen LogP contribution in [0.5, 0.6) is 0 Å². The second-order valence-electron chi connectivity index (χ2n) is 6.76. The predicted octanol–water partition coefficient (Wildman–Crippen LogP) is 2.83. The smallest absolute Gasteiger partial charge is 0.137 e. The Hall–Kier alpha value is -3.46. The van der Waals surface area contributed by atoms with Crippen molar-refractivity contribution >= 4 is 0 Å². The topological polar surface area (TPSA) is 81.6 Å². The van der Waals surface area contributed by atoms with Gasteiger partial charge >= 0.3 is 0 Å². The lowest BCUT2D eigenvalue weighted by Crippen LogP contribution is -2.38. The van der Waals surface area contributed by atoms with E-state index in [1.54, 1.807) is 42.3 Å². The van der Waals surface area contributed by atoms with Crippen LogP contribution in [0.4, 0.5) is 8.78 Å². The van der Waals surface area contributed by atoms with Gasteiger partial charge in [0.05, 0.1) is 18.4 Å². The van der Waals surface area contributed by atoms with Crippen LogP contribution in [0.15, 0.2) is 67.6 Å². The quantitative estimate of drug-likeness (QED) is 0.542. The zero-order valence-electron chi connectivity index (χ0n) is 15.5. The molecule has 0 spiro atoms. The molecule has 0 fully saturated rings. The normalized spacial score (nSPS) is 14.5. The summed E-state index contributed by atoms with van der Waals surface area (Å²) < 4.78 is 31.1. The fourth-order valence-electron chi connectivity index (χ4n) is 3.31. The molecule has 0 bridgehead atoms. The average Bonchev–Trinajstić information content (AvgIpc) is 3.41. The van der Waals surface area contributed by atoms with Gasteiger partial charge in [-0.2, -0.15) is 10.2 Å². The molecule has 2 atom stereocenters. The molecule has 1 N–H and O–H groups in total. The van der Waals surface area contributed by atoms with Crippen LogP contribution in [0.2, 0.25) is 0 Å². The maximum Gasteiger partial charge on any atom is 0.137 e. The predicted molar refractivity (Wildman–Crippen MR) is 100 cm³/mol. The molecule has 3 aromatic heterocycles. The molecule has 148 valence electrons. The number of benzene rings is 1. The Morgan fingerprint density at radius 1 is 1.17 bits per heavy atom. The number of hydrogen-bond donors (Lipinski definition) is 1. The third-order valence-electron chi connectivity index (χ3n) is 4.97. The second-order valence-corrected chi connectivity index (χ2v) is 6.76. The molecular formula is C20H18F2N6O. The zero-order chi connectivity index (χ0) is 20.4. The van der Waals surface area contributed by atoms with Gasteiger partial charge in [0.1, 0.15) is 29.9 Å². The molecule has 7 nitrogen and oxygen atoms in total. The molecule has 29 heavy (non-hydrogen) atoms. The standard InChI is InChI=1S/C20H18F2N6O/c1-14(19-6-4-16(10-24-19)28-8-2-7-25-28)20(29,11-27-13-23-12-26-27)17-5-3-15(21)9-18(17)22/h2-10,12-14,29H,11H2,1H3. The summed E-state index contributed by atoms with van der Waals surface area (Å²) in [7, 11) is 0. The molecule has 0 saturated carbocycles. The molecule has 9 heteroatoms. The number of pyridine rings is 1. The van der Waals surface area contributed by atoms with E-state index >= 15 is 0 Å². The molecule has 0 aliphatic rings. The van der Waals surface area contributed by atoms with Crippen molar-refractivity contribution in [3.8, 4) is 5.69 Å².